The van der Waals surface area contributed by atoms with Gasteiger partial charge in [0.15, 0.2) is 0 Å². The molecule has 1 heterocycles. The molecule has 1 aliphatic carbocycles. The highest BCUT2D eigenvalue weighted by Gasteiger charge is 2.34. The topological polar surface area (TPSA) is 21.3 Å². The minimum absolute atomic E-state index is 0.504. The summed E-state index contributed by atoms with van der Waals surface area (Å²) in [7, 11) is 0. The summed E-state index contributed by atoms with van der Waals surface area (Å²) in [5, 5.41) is 3.79. The van der Waals surface area contributed by atoms with Crippen LogP contribution in [0.5, 0.6) is 0 Å². The average molecular weight is 211 g/mol. The van der Waals surface area contributed by atoms with Gasteiger partial charge >= 0.3 is 0 Å². The summed E-state index contributed by atoms with van der Waals surface area (Å²) in [6.07, 6.45) is 5.66. The fourth-order valence-corrected chi connectivity index (χ4v) is 3.02. The van der Waals surface area contributed by atoms with Crippen molar-refractivity contribution in [3.8, 4) is 0 Å². The maximum Gasteiger partial charge on any atom is 0.0729 e. The molecule has 4 atom stereocenters. The van der Waals surface area contributed by atoms with Crippen LogP contribution in [-0.4, -0.2) is 24.8 Å². The minimum atomic E-state index is 0.504. The number of fused-ring (bicyclic) bond motifs is 1. The molecule has 2 heteroatoms. The smallest absolute Gasteiger partial charge is 0.0729 e. The van der Waals surface area contributed by atoms with Crippen LogP contribution in [0.15, 0.2) is 0 Å². The predicted octanol–water partition coefficient (Wildman–Crippen LogP) is 2.58. The molecular weight excluding hydrogens is 186 g/mol. The maximum atomic E-state index is 5.98. The lowest BCUT2D eigenvalue weighted by molar-refractivity contribution is -0.0563. The quantitative estimate of drug-likeness (QED) is 0.758. The van der Waals surface area contributed by atoms with Crippen molar-refractivity contribution >= 4 is 0 Å². The maximum absolute atomic E-state index is 5.98. The van der Waals surface area contributed by atoms with Gasteiger partial charge in [-0.05, 0) is 37.5 Å². The Morgan fingerprint density at radius 3 is 2.87 bits per heavy atom. The van der Waals surface area contributed by atoms with Crippen LogP contribution < -0.4 is 5.32 Å². The molecule has 2 aliphatic rings. The molecule has 0 bridgehead atoms. The van der Waals surface area contributed by atoms with E-state index in [1.54, 1.807) is 0 Å². The van der Waals surface area contributed by atoms with E-state index in [1.165, 1.54) is 25.7 Å². The number of morpholine rings is 1. The second-order valence-corrected chi connectivity index (χ2v) is 5.89. The summed E-state index contributed by atoms with van der Waals surface area (Å²) in [6.45, 7) is 7.87. The van der Waals surface area contributed by atoms with Gasteiger partial charge in [-0.1, -0.05) is 20.8 Å². The van der Waals surface area contributed by atoms with Crippen molar-refractivity contribution in [3.63, 3.8) is 0 Å². The molecule has 2 fully saturated rings. The molecule has 1 aliphatic heterocycles. The summed E-state index contributed by atoms with van der Waals surface area (Å²) >= 11 is 0. The van der Waals surface area contributed by atoms with E-state index in [4.69, 9.17) is 4.74 Å². The lowest BCUT2D eigenvalue weighted by atomic mass is 9.83. The molecule has 0 aromatic rings. The molecule has 15 heavy (non-hydrogen) atoms. The van der Waals surface area contributed by atoms with Crippen LogP contribution >= 0.6 is 0 Å². The van der Waals surface area contributed by atoms with E-state index in [0.29, 0.717) is 18.2 Å². The van der Waals surface area contributed by atoms with E-state index < -0.39 is 0 Å². The normalized spacial score (nSPS) is 41.6. The zero-order chi connectivity index (χ0) is 10.8. The van der Waals surface area contributed by atoms with E-state index in [1.807, 2.05) is 0 Å². The second kappa shape index (κ2) is 4.84. The lowest BCUT2D eigenvalue weighted by Crippen LogP contribution is -2.56. The first kappa shape index (κ1) is 11.4. The summed E-state index contributed by atoms with van der Waals surface area (Å²) in [4.78, 5) is 0. The Morgan fingerprint density at radius 1 is 1.33 bits per heavy atom. The lowest BCUT2D eigenvalue weighted by Gasteiger charge is -2.42. The molecule has 0 amide bonds. The first-order chi connectivity index (χ1) is 7.15. The Labute approximate surface area is 93.8 Å². The van der Waals surface area contributed by atoms with E-state index >= 15 is 0 Å². The van der Waals surface area contributed by atoms with Crippen molar-refractivity contribution < 1.29 is 4.74 Å². The van der Waals surface area contributed by atoms with E-state index in [0.717, 1.165) is 18.4 Å². The number of nitrogens with one attached hydrogen (secondary N) is 1. The third-order valence-corrected chi connectivity index (χ3v) is 3.77. The Morgan fingerprint density at radius 2 is 2.13 bits per heavy atom. The van der Waals surface area contributed by atoms with Gasteiger partial charge in [0, 0.05) is 12.1 Å². The highest BCUT2D eigenvalue weighted by atomic mass is 16.5. The van der Waals surface area contributed by atoms with Gasteiger partial charge in [0.1, 0.15) is 0 Å². The molecule has 2 nitrogen and oxygen atoms in total. The Balaban J connectivity index is 1.86. The third-order valence-electron chi connectivity index (χ3n) is 3.77. The molecule has 0 aromatic heterocycles. The van der Waals surface area contributed by atoms with Crippen molar-refractivity contribution in [1.29, 1.82) is 0 Å². The van der Waals surface area contributed by atoms with Crippen LogP contribution in [0.25, 0.3) is 0 Å². The molecule has 88 valence electrons. The van der Waals surface area contributed by atoms with Crippen LogP contribution in [-0.2, 0) is 4.74 Å². The molecule has 0 spiro atoms. The summed E-state index contributed by atoms with van der Waals surface area (Å²) in [5.74, 6) is 1.64. The highest BCUT2D eigenvalue weighted by molar-refractivity contribution is 4.90. The van der Waals surface area contributed by atoms with Crippen LogP contribution in [0.1, 0.15) is 46.5 Å². The molecule has 1 saturated carbocycles. The zero-order valence-electron chi connectivity index (χ0n) is 10.3. The van der Waals surface area contributed by atoms with Gasteiger partial charge < -0.3 is 10.1 Å². The zero-order valence-corrected chi connectivity index (χ0v) is 10.3. The van der Waals surface area contributed by atoms with Crippen molar-refractivity contribution in [2.75, 3.05) is 6.61 Å². The number of ether oxygens (including phenoxy) is 1. The van der Waals surface area contributed by atoms with Gasteiger partial charge in [0.05, 0.1) is 12.7 Å². The largest absolute Gasteiger partial charge is 0.375 e. The van der Waals surface area contributed by atoms with Gasteiger partial charge in [-0.3, -0.25) is 0 Å². The van der Waals surface area contributed by atoms with E-state index in [-0.39, 0.29) is 0 Å². The number of hydrogen-bond acceptors (Lipinski definition) is 2. The molecule has 2 rings (SSSR count). The van der Waals surface area contributed by atoms with Crippen molar-refractivity contribution in [3.05, 3.63) is 0 Å². The summed E-state index contributed by atoms with van der Waals surface area (Å²) in [5.41, 5.74) is 0. The van der Waals surface area contributed by atoms with Crippen LogP contribution in [0.2, 0.25) is 0 Å². The minimum Gasteiger partial charge on any atom is -0.375 e. The fourth-order valence-electron chi connectivity index (χ4n) is 3.02. The highest BCUT2D eigenvalue weighted by Crippen LogP contribution is 2.29. The molecule has 4 unspecified atom stereocenters. The van der Waals surface area contributed by atoms with Crippen LogP contribution in [0.4, 0.5) is 0 Å². The van der Waals surface area contributed by atoms with Gasteiger partial charge in [0.25, 0.3) is 0 Å². The Hall–Kier alpha value is -0.0800. The number of hydrogen-bond donors (Lipinski definition) is 1. The molecular formula is C13H25NO. The average Bonchev–Trinajstić information content (AvgIpc) is 2.16. The molecule has 1 N–H and O–H groups in total. The van der Waals surface area contributed by atoms with E-state index in [2.05, 4.69) is 26.1 Å². The second-order valence-electron chi connectivity index (χ2n) is 5.89. The van der Waals surface area contributed by atoms with Gasteiger partial charge in [-0.15, -0.1) is 0 Å². The number of rotatable bonds is 2. The van der Waals surface area contributed by atoms with Gasteiger partial charge in [-0.2, -0.15) is 0 Å². The van der Waals surface area contributed by atoms with Crippen molar-refractivity contribution in [2.45, 2.75) is 64.6 Å². The van der Waals surface area contributed by atoms with Crippen LogP contribution in [0.3, 0.4) is 0 Å². The Bertz CT molecular complexity index is 205. The molecule has 0 radical (unpaired) electrons. The predicted molar refractivity (Wildman–Crippen MR) is 62.9 cm³/mol. The van der Waals surface area contributed by atoms with Crippen molar-refractivity contribution in [1.82, 2.24) is 5.32 Å². The SMILES string of the molecule is CC(C)CC1COC2CCC(C)CC2N1. The van der Waals surface area contributed by atoms with Crippen molar-refractivity contribution in [2.24, 2.45) is 11.8 Å². The van der Waals surface area contributed by atoms with E-state index in [9.17, 15) is 0 Å². The Kier molecular flexibility index (Phi) is 3.68. The fraction of sp³-hybridized carbons (Fsp3) is 1.00. The molecule has 0 aromatic carbocycles. The van der Waals surface area contributed by atoms with Gasteiger partial charge in [-0.25, -0.2) is 0 Å². The monoisotopic (exact) mass is 211 g/mol. The third kappa shape index (κ3) is 2.94. The first-order valence-corrected chi connectivity index (χ1v) is 6.52. The summed E-state index contributed by atoms with van der Waals surface area (Å²) < 4.78 is 5.98. The first-order valence-electron chi connectivity index (χ1n) is 6.52. The standard InChI is InChI=1S/C13H25NO/c1-9(2)6-11-8-15-13-5-4-10(3)7-12(13)14-11/h9-14H,4-8H2,1-3H3. The molecule has 1 saturated heterocycles. The van der Waals surface area contributed by atoms with Crippen LogP contribution in [0, 0.1) is 11.8 Å². The van der Waals surface area contributed by atoms with Gasteiger partial charge in [0.2, 0.25) is 0 Å². The summed E-state index contributed by atoms with van der Waals surface area (Å²) in [6, 6.07) is 1.22.